The Labute approximate surface area is 658 Å². The minimum atomic E-state index is -4.78. The van der Waals surface area contributed by atoms with Crippen LogP contribution in [0.15, 0.2) is 41.5 Å². The number of nitriles is 1. The monoisotopic (exact) mass is 1710 g/mol. The molecule has 1 amide bonds. The third-order valence-corrected chi connectivity index (χ3v) is 13.5. The van der Waals surface area contributed by atoms with Gasteiger partial charge in [0.25, 0.3) is 0 Å². The number of nitrogens with one attached hydrogen (secondary N) is 2. The first-order valence-electron chi connectivity index (χ1n) is 32.3. The van der Waals surface area contributed by atoms with Crippen LogP contribution in [0.25, 0.3) is 0 Å². The second kappa shape index (κ2) is 60.0. The Hall–Kier alpha value is -7.56. The molecule has 1 aromatic carbocycles. The third-order valence-electron chi connectivity index (χ3n) is 13.5. The molecule has 0 aliphatic heterocycles. The van der Waals surface area contributed by atoms with Gasteiger partial charge in [-0.15, -0.1) is 0 Å². The number of hydroxylamine groups is 3. The van der Waals surface area contributed by atoms with Crippen molar-refractivity contribution < 1.29 is 213 Å². The van der Waals surface area contributed by atoms with E-state index in [2.05, 4.69) is 48.9 Å². The van der Waals surface area contributed by atoms with E-state index in [0.717, 1.165) is 79.9 Å². The third kappa shape index (κ3) is 58.3. The van der Waals surface area contributed by atoms with Gasteiger partial charge in [-0.1, -0.05) is 85.7 Å². The number of hydrogen-bond acceptors (Lipinski definition) is 22. The smallest absolute Gasteiger partial charge is 0.870 e. The molecule has 0 aliphatic rings. The van der Waals surface area contributed by atoms with Crippen molar-refractivity contribution in [1.82, 2.24) is 15.9 Å². The minimum Gasteiger partial charge on any atom is -0.870 e. The van der Waals surface area contributed by atoms with Gasteiger partial charge in [-0.05, 0) is 74.3 Å². The molecule has 0 saturated heterocycles. The van der Waals surface area contributed by atoms with Crippen molar-refractivity contribution in [2.24, 2.45) is 33.0 Å². The van der Waals surface area contributed by atoms with Gasteiger partial charge in [0.2, 0.25) is 11.7 Å². The summed E-state index contributed by atoms with van der Waals surface area (Å²) in [5, 5.41) is 20.7. The van der Waals surface area contributed by atoms with Crippen molar-refractivity contribution in [3.8, 4) is 6.07 Å². The summed E-state index contributed by atoms with van der Waals surface area (Å²) in [6, 6.07) is 10.3. The number of aliphatic carboxylic acids is 1. The van der Waals surface area contributed by atoms with Crippen molar-refractivity contribution >= 4 is 59.8 Å². The first-order chi connectivity index (χ1) is 49.8. The van der Waals surface area contributed by atoms with Crippen molar-refractivity contribution in [3.05, 3.63) is 47.0 Å². The quantitative estimate of drug-likeness (QED) is 0.00892. The molecule has 114 heavy (non-hydrogen) atoms. The Balaban J connectivity index is -0.000000119. The summed E-state index contributed by atoms with van der Waals surface area (Å²) in [6.07, 6.45) is -33.8. The van der Waals surface area contributed by atoms with Gasteiger partial charge in [-0.3, -0.25) is 43.7 Å². The number of ether oxygens (including phenoxy) is 6. The van der Waals surface area contributed by atoms with E-state index >= 15 is 0 Å². The predicted molar refractivity (Wildman–Crippen MR) is 359 cm³/mol. The molecule has 0 bridgehead atoms. The predicted octanol–water partition coefficient (Wildman–Crippen LogP) is 11.6. The van der Waals surface area contributed by atoms with Crippen LogP contribution in [-0.4, -0.2) is 198 Å². The molecule has 0 fully saturated rings. The maximum Gasteiger partial charge on any atom is 1.00 e. The summed E-state index contributed by atoms with van der Waals surface area (Å²) in [7, 11) is 5.77. The average Bonchev–Trinajstić information content (AvgIpc) is 0.783. The van der Waals surface area contributed by atoms with Gasteiger partial charge in [0.1, 0.15) is 12.7 Å². The summed E-state index contributed by atoms with van der Waals surface area (Å²) in [4.78, 5) is 116. The van der Waals surface area contributed by atoms with E-state index in [9.17, 15) is 140 Å². The van der Waals surface area contributed by atoms with Crippen LogP contribution in [0.3, 0.4) is 0 Å². The molecule has 0 spiro atoms. The largest absolute Gasteiger partial charge is 1.00 e. The van der Waals surface area contributed by atoms with Gasteiger partial charge in [0.05, 0.1) is 105 Å². The number of nitrogens with zero attached hydrogens (tertiary/aromatic N) is 2. The number of amides is 1. The van der Waals surface area contributed by atoms with Crippen LogP contribution >= 0.6 is 0 Å². The summed E-state index contributed by atoms with van der Waals surface area (Å²) in [6.45, 7) is 20.1. The molecule has 6 N–H and O–H groups in total. The summed E-state index contributed by atoms with van der Waals surface area (Å²) >= 11 is 0. The second-order valence-electron chi connectivity index (χ2n) is 24.8. The van der Waals surface area contributed by atoms with Crippen molar-refractivity contribution in [3.63, 3.8) is 0 Å². The van der Waals surface area contributed by atoms with E-state index < -0.39 is 166 Å². The number of Topliss-reactive ketones (excluding diaryl/α,β-unsaturated/α-hetero) is 1. The molecule has 25 nitrogen and oxygen atoms in total. The number of ketones is 1. The topological polar surface area (TPSA) is 377 Å². The molecule has 1 aromatic rings. The standard InChI is InChI=1S/C14H17F3N2.C11H17F3O4.C10H13F3O4.C8H14F3NO2.C7H12O4.C6H9F3O2.C6H9F3O.C3H3F3O.C2H7NO.Li.2H2O/c1-13(2,14(15,16)17)8-12(9-18)19-10-11-6-4-3-5-7-11;1-5-17-8(15)7(9(16)18-6-2)10(3,4)11(12,13)14;1-4-16-8(14)7(9(15)17-5-2)6(3)10(11,12)13;1-7(2,8(9,10)11)5-6(13)12(3)14-4;1-3-10-6(8)5-7(9)11-4-2;1-5(2,3-4(10)11)6(7,8)9;1-5(2,3-4-10)6(7,8)9;1-2(7)3(4,5)6;1-3-4-2;;;/h3-7,12,19H,8,10H2,1-2H3;7H,5-6H2,1-4H3;4-5H2,1-3H3;5H2,1-4H3;3-5H2,1-2H3;3H2,1-2H3,(H,10,11);4H,3H2,1-2H3;1H3;3H,1-2H3;;2*1H2/q;;;;;;;;;+1;;/p-1. The molecule has 1 rings (SSSR count). The van der Waals surface area contributed by atoms with Crippen LogP contribution in [0, 0.1) is 44.3 Å². The number of aldehydes is 1. The summed E-state index contributed by atoms with van der Waals surface area (Å²) < 4.78 is 282. The van der Waals surface area contributed by atoms with E-state index in [1.807, 2.05) is 36.4 Å². The molecule has 666 valence electrons. The number of hydrogen-bond donors (Lipinski definition) is 3. The van der Waals surface area contributed by atoms with Crippen LogP contribution in [0.5, 0.6) is 0 Å². The summed E-state index contributed by atoms with van der Waals surface area (Å²) in [5.74, 6) is -12.1. The maximum atomic E-state index is 12.9. The van der Waals surface area contributed by atoms with E-state index in [4.69, 9.17) is 10.4 Å². The number of benzene rings is 1. The number of esters is 6. The van der Waals surface area contributed by atoms with E-state index in [1.165, 1.54) is 41.9 Å². The second-order valence-corrected chi connectivity index (χ2v) is 24.8. The normalized spacial score (nSPS) is 11.7. The molecule has 1 unspecified atom stereocenters. The number of carboxylic acid groups (broad SMARTS) is 1. The molecule has 0 radical (unpaired) electrons. The van der Waals surface area contributed by atoms with Crippen LogP contribution in [0.4, 0.5) is 92.2 Å². The number of alkyl halides is 21. The van der Waals surface area contributed by atoms with E-state index in [0.29, 0.717) is 20.4 Å². The fourth-order valence-corrected chi connectivity index (χ4v) is 5.90. The Morgan fingerprint density at radius 1 is 0.535 bits per heavy atom. The fourth-order valence-electron chi connectivity index (χ4n) is 5.90. The minimum absolute atomic E-state index is 0. The van der Waals surface area contributed by atoms with Gasteiger partial charge in [-0.25, -0.2) is 20.1 Å². The summed E-state index contributed by atoms with van der Waals surface area (Å²) in [5.41, 5.74) is -9.55. The van der Waals surface area contributed by atoms with Crippen molar-refractivity contribution in [1.29, 1.82) is 5.26 Å². The van der Waals surface area contributed by atoms with Gasteiger partial charge in [-0.2, -0.15) is 97.5 Å². The first-order valence-corrected chi connectivity index (χ1v) is 32.3. The Morgan fingerprint density at radius 3 is 1.09 bits per heavy atom. The zero-order chi connectivity index (χ0) is 90.2. The van der Waals surface area contributed by atoms with E-state index in [-0.39, 0.29) is 88.6 Å². The van der Waals surface area contributed by atoms with Gasteiger partial charge in [0.15, 0.2) is 11.5 Å². The fraction of sp³-hybridized carbons (Fsp3) is 0.716. The van der Waals surface area contributed by atoms with Crippen LogP contribution < -0.4 is 29.7 Å². The van der Waals surface area contributed by atoms with Gasteiger partial charge < -0.3 is 54.1 Å². The Bertz CT molecular complexity index is 2930. The molecule has 0 heterocycles. The number of carboxylic acids is 1. The number of carbonyl (C=O) groups is 10. The molecule has 47 heteroatoms. The molecule has 1 atom stereocenters. The molecular weight excluding hydrogens is 1600 g/mol. The van der Waals surface area contributed by atoms with Gasteiger partial charge in [0, 0.05) is 40.4 Å². The Kier molecular flexibility index (Phi) is 68.4. The number of allylic oxidation sites excluding steroid dienone is 1. The SMILES string of the molecule is CC(=O)C(F)(F)F.CC(C)(CC(=O)O)C(F)(F)F.CC(C)(CC(C#N)NCc1ccccc1)C(F)(F)F.CC(C)(CC=O)C(F)(F)F.CCOC(=O)C(C(=O)OCC)=C(C)C(F)(F)F.CCOC(=O)C(C(=O)OCC)C(C)(C)C(F)(F)F.CCOC(=O)CC(=O)OCC.CNOC.CON(C)C(=O)CC(C)(C)C(F)(F)F.O.[Li+].[OH-]. The molecular formula is C67H104F21LiN4O21. The van der Waals surface area contributed by atoms with E-state index in [1.54, 1.807) is 28.0 Å². The number of rotatable bonds is 26. The zero-order valence-corrected chi connectivity index (χ0v) is 67.2. The molecule has 0 saturated carbocycles. The van der Waals surface area contributed by atoms with Gasteiger partial charge >= 0.3 is 104 Å². The van der Waals surface area contributed by atoms with Crippen LogP contribution in [0.2, 0.25) is 0 Å². The molecule has 0 aliphatic carbocycles. The van der Waals surface area contributed by atoms with Crippen molar-refractivity contribution in [2.45, 2.75) is 213 Å². The molecule has 0 aromatic heterocycles. The number of carbonyl (C=O) groups excluding carboxylic acids is 9. The Morgan fingerprint density at radius 2 is 0.860 bits per heavy atom. The van der Waals surface area contributed by atoms with Crippen LogP contribution in [-0.2, 0) is 92.6 Å². The maximum absolute atomic E-state index is 12.9. The van der Waals surface area contributed by atoms with Crippen LogP contribution in [0.1, 0.15) is 162 Å². The zero-order valence-electron chi connectivity index (χ0n) is 67.2. The number of halogens is 21. The average molecular weight is 1710 g/mol. The first kappa shape index (κ1) is 130. The van der Waals surface area contributed by atoms with Crippen molar-refractivity contribution in [2.75, 3.05) is 68.0 Å².